The first-order valence-electron chi connectivity index (χ1n) is 7.50. The number of fused-ring (bicyclic) bond motifs is 2. The third kappa shape index (κ3) is 2.00. The molecule has 0 amide bonds. The van der Waals surface area contributed by atoms with Crippen molar-refractivity contribution in [1.29, 1.82) is 0 Å². The average molecular weight is 327 g/mol. The number of ketones is 1. The lowest BCUT2D eigenvalue weighted by Gasteiger charge is -2.32. The molecule has 1 unspecified atom stereocenters. The summed E-state index contributed by atoms with van der Waals surface area (Å²) in [5, 5.41) is 0.421. The predicted octanol–water partition coefficient (Wildman–Crippen LogP) is 3.17. The molecule has 3 heterocycles. The quantitative estimate of drug-likeness (QED) is 0.644. The Balaban J connectivity index is 1.91. The predicted molar refractivity (Wildman–Crippen MR) is 87.0 cm³/mol. The number of imidazole rings is 1. The second kappa shape index (κ2) is 4.86. The van der Waals surface area contributed by atoms with Crippen molar-refractivity contribution >= 4 is 23.0 Å². The van der Waals surface area contributed by atoms with Crippen LogP contribution in [0.2, 0.25) is 5.15 Å². The second-order valence-electron chi connectivity index (χ2n) is 6.16. The molecule has 6 heteroatoms. The first-order valence-corrected chi connectivity index (χ1v) is 7.88. The first-order chi connectivity index (χ1) is 11.0. The highest BCUT2D eigenvalue weighted by Gasteiger charge is 2.43. The van der Waals surface area contributed by atoms with Crippen LogP contribution < -0.4 is 0 Å². The maximum Gasteiger partial charge on any atom is 0.176 e. The van der Waals surface area contributed by atoms with Crippen LogP contribution >= 0.6 is 11.6 Å². The Labute approximate surface area is 138 Å². The van der Waals surface area contributed by atoms with Gasteiger partial charge in [0.2, 0.25) is 0 Å². The fraction of sp³-hybridized carbons (Fsp3) is 0.294. The van der Waals surface area contributed by atoms with Gasteiger partial charge < -0.3 is 4.40 Å². The van der Waals surface area contributed by atoms with Crippen LogP contribution in [0.25, 0.3) is 5.65 Å². The van der Waals surface area contributed by atoms with E-state index in [-0.39, 0.29) is 5.78 Å². The Morgan fingerprint density at radius 1 is 1.30 bits per heavy atom. The van der Waals surface area contributed by atoms with Gasteiger partial charge in [-0.05, 0) is 38.8 Å². The molecule has 1 aliphatic rings. The molecule has 0 spiro atoms. The molecule has 0 fully saturated rings. The molecule has 3 aromatic heterocycles. The minimum atomic E-state index is -0.706. The second-order valence-corrected chi connectivity index (χ2v) is 6.55. The van der Waals surface area contributed by atoms with Crippen molar-refractivity contribution in [2.24, 2.45) is 0 Å². The van der Waals surface area contributed by atoms with Crippen molar-refractivity contribution in [3.05, 3.63) is 58.5 Å². The molecule has 0 N–H and O–H groups in total. The Kier molecular flexibility index (Phi) is 3.03. The van der Waals surface area contributed by atoms with E-state index in [9.17, 15) is 4.79 Å². The number of aromatic nitrogens is 4. The number of hydrogen-bond acceptors (Lipinski definition) is 4. The van der Waals surface area contributed by atoms with Crippen LogP contribution in [0.5, 0.6) is 0 Å². The molecule has 23 heavy (non-hydrogen) atoms. The van der Waals surface area contributed by atoms with Gasteiger partial charge in [-0.3, -0.25) is 9.78 Å². The van der Waals surface area contributed by atoms with E-state index in [0.29, 0.717) is 23.6 Å². The molecule has 1 aliphatic carbocycles. The minimum absolute atomic E-state index is 0.0316. The molecular weight excluding hydrogens is 312 g/mol. The van der Waals surface area contributed by atoms with Crippen LogP contribution in [0.1, 0.15) is 40.8 Å². The van der Waals surface area contributed by atoms with Crippen LogP contribution in [0, 0.1) is 6.92 Å². The van der Waals surface area contributed by atoms with Gasteiger partial charge in [-0.15, -0.1) is 0 Å². The zero-order chi connectivity index (χ0) is 16.2. The summed E-state index contributed by atoms with van der Waals surface area (Å²) in [4.78, 5) is 26.4. The number of carbonyl (C=O) groups excluding carboxylic acids is 1. The van der Waals surface area contributed by atoms with E-state index in [2.05, 4.69) is 15.0 Å². The van der Waals surface area contributed by atoms with E-state index < -0.39 is 5.41 Å². The molecule has 0 saturated heterocycles. The van der Waals surface area contributed by atoms with Gasteiger partial charge in [0, 0.05) is 29.8 Å². The van der Waals surface area contributed by atoms with E-state index >= 15 is 0 Å². The number of aryl methyl sites for hydroxylation is 2. The highest BCUT2D eigenvalue weighted by atomic mass is 35.5. The average Bonchev–Trinajstić information content (AvgIpc) is 2.93. The number of pyridine rings is 1. The SMILES string of the molecule is Cc1cnc2c(C3(C)CCc4nc(Cl)ccc4C3=O)nccn12. The summed E-state index contributed by atoms with van der Waals surface area (Å²) in [6.07, 6.45) is 6.73. The molecule has 3 aromatic rings. The Hall–Kier alpha value is -2.27. The Morgan fingerprint density at radius 2 is 2.13 bits per heavy atom. The number of halogens is 1. The number of carbonyl (C=O) groups is 1. The molecule has 0 aromatic carbocycles. The van der Waals surface area contributed by atoms with Crippen molar-refractivity contribution in [2.75, 3.05) is 0 Å². The molecular formula is C17H15ClN4O. The summed E-state index contributed by atoms with van der Waals surface area (Å²) in [5.41, 5.74) is 3.18. The lowest BCUT2D eigenvalue weighted by atomic mass is 9.71. The molecule has 5 nitrogen and oxygen atoms in total. The largest absolute Gasteiger partial charge is 0.301 e. The number of Topliss-reactive ketones (excluding diaryl/α,β-unsaturated/α-hetero) is 1. The molecule has 0 saturated carbocycles. The van der Waals surface area contributed by atoms with Gasteiger partial charge in [0.05, 0.1) is 16.8 Å². The maximum absolute atomic E-state index is 13.1. The monoisotopic (exact) mass is 326 g/mol. The van der Waals surface area contributed by atoms with Gasteiger partial charge in [-0.1, -0.05) is 11.6 Å². The van der Waals surface area contributed by atoms with Gasteiger partial charge in [0.15, 0.2) is 11.4 Å². The van der Waals surface area contributed by atoms with Crippen molar-refractivity contribution < 1.29 is 4.79 Å². The van der Waals surface area contributed by atoms with Gasteiger partial charge in [0.25, 0.3) is 0 Å². The minimum Gasteiger partial charge on any atom is -0.301 e. The highest BCUT2D eigenvalue weighted by Crippen LogP contribution is 2.38. The fourth-order valence-electron chi connectivity index (χ4n) is 3.31. The van der Waals surface area contributed by atoms with E-state index in [0.717, 1.165) is 22.7 Å². The van der Waals surface area contributed by atoms with Crippen LogP contribution in [0.4, 0.5) is 0 Å². The Bertz CT molecular complexity index is 949. The zero-order valence-electron chi connectivity index (χ0n) is 12.9. The summed E-state index contributed by atoms with van der Waals surface area (Å²) in [7, 11) is 0. The third-order valence-electron chi connectivity index (χ3n) is 4.68. The van der Waals surface area contributed by atoms with Gasteiger partial charge in [0.1, 0.15) is 5.15 Å². The summed E-state index contributed by atoms with van der Waals surface area (Å²) in [6.45, 7) is 3.93. The molecule has 1 atom stereocenters. The van der Waals surface area contributed by atoms with Gasteiger partial charge in [-0.25, -0.2) is 9.97 Å². The number of rotatable bonds is 1. The summed E-state index contributed by atoms with van der Waals surface area (Å²) >= 11 is 5.95. The van der Waals surface area contributed by atoms with Crippen molar-refractivity contribution in [1.82, 2.24) is 19.4 Å². The van der Waals surface area contributed by atoms with E-state index in [1.807, 2.05) is 24.4 Å². The molecule has 0 aliphatic heterocycles. The maximum atomic E-state index is 13.1. The first kappa shape index (κ1) is 14.3. The standard InChI is InChI=1S/C17H15ClN4O/c1-10-9-20-16-14(19-7-8-22(10)16)17(2)6-5-12-11(15(17)23)3-4-13(18)21-12/h3-4,7-9H,5-6H2,1-2H3. The molecule has 0 radical (unpaired) electrons. The van der Waals surface area contributed by atoms with Gasteiger partial charge >= 0.3 is 0 Å². The van der Waals surface area contributed by atoms with E-state index in [4.69, 9.17) is 11.6 Å². The fourth-order valence-corrected chi connectivity index (χ4v) is 3.47. The molecule has 0 bridgehead atoms. The van der Waals surface area contributed by atoms with E-state index in [1.165, 1.54) is 0 Å². The van der Waals surface area contributed by atoms with Crippen molar-refractivity contribution in [3.8, 4) is 0 Å². The zero-order valence-corrected chi connectivity index (χ0v) is 13.6. The van der Waals surface area contributed by atoms with Crippen LogP contribution in [0.3, 0.4) is 0 Å². The van der Waals surface area contributed by atoms with Crippen LogP contribution in [-0.4, -0.2) is 25.1 Å². The van der Waals surface area contributed by atoms with Crippen molar-refractivity contribution in [2.45, 2.75) is 32.1 Å². The highest BCUT2D eigenvalue weighted by molar-refractivity contribution is 6.29. The number of hydrogen-bond donors (Lipinski definition) is 0. The summed E-state index contributed by atoms with van der Waals surface area (Å²) in [6, 6.07) is 3.43. The lowest BCUT2D eigenvalue weighted by molar-refractivity contribution is 0.0871. The smallest absolute Gasteiger partial charge is 0.176 e. The molecule has 116 valence electrons. The van der Waals surface area contributed by atoms with E-state index in [1.54, 1.807) is 24.5 Å². The van der Waals surface area contributed by atoms with Crippen LogP contribution in [-0.2, 0) is 11.8 Å². The summed E-state index contributed by atoms with van der Waals surface area (Å²) < 4.78 is 1.97. The normalized spacial score (nSPS) is 20.7. The summed E-state index contributed by atoms with van der Waals surface area (Å²) in [5.74, 6) is 0.0316. The lowest BCUT2D eigenvalue weighted by Crippen LogP contribution is -2.39. The van der Waals surface area contributed by atoms with Gasteiger partial charge in [-0.2, -0.15) is 0 Å². The molecule has 4 rings (SSSR count). The third-order valence-corrected chi connectivity index (χ3v) is 4.89. The number of nitrogens with zero attached hydrogens (tertiary/aromatic N) is 4. The topological polar surface area (TPSA) is 60.2 Å². The van der Waals surface area contributed by atoms with Crippen molar-refractivity contribution in [3.63, 3.8) is 0 Å². The van der Waals surface area contributed by atoms with Crippen LogP contribution in [0.15, 0.2) is 30.7 Å². The Morgan fingerprint density at radius 3 is 2.96 bits per heavy atom.